The number of rotatable bonds is 0. The van der Waals surface area contributed by atoms with E-state index >= 15 is 0 Å². The summed E-state index contributed by atoms with van der Waals surface area (Å²) in [7, 11) is 0. The number of H-pyrrole nitrogens is 1. The molecule has 0 fully saturated rings. The Hall–Kier alpha value is -2.42. The molecule has 1 N–H and O–H groups in total. The molecular formula is C14H9N3. The normalized spacial score (nSPS) is 11.5. The topological polar surface area (TPSA) is 41.6 Å². The number of hydrogen-bond donors (Lipinski definition) is 1. The van der Waals surface area contributed by atoms with Gasteiger partial charge in [0.15, 0.2) is 0 Å². The molecule has 0 saturated carbocycles. The molecule has 0 amide bonds. The maximum Gasteiger partial charge on any atom is 0.0723 e. The SMILES string of the molecule is c1ccc2c(c1)ncc1c3cnccc3[nH]c21. The van der Waals surface area contributed by atoms with Gasteiger partial charge in [-0.2, -0.15) is 0 Å². The molecule has 0 spiro atoms. The lowest BCUT2D eigenvalue weighted by atomic mass is 10.1. The van der Waals surface area contributed by atoms with Crippen molar-refractivity contribution in [2.24, 2.45) is 0 Å². The average molecular weight is 219 g/mol. The van der Waals surface area contributed by atoms with E-state index in [1.54, 1.807) is 6.20 Å². The van der Waals surface area contributed by atoms with Gasteiger partial charge in [-0.25, -0.2) is 0 Å². The molecule has 0 unspecified atom stereocenters. The zero-order valence-corrected chi connectivity index (χ0v) is 9.01. The van der Waals surface area contributed by atoms with E-state index in [0.29, 0.717) is 0 Å². The Morgan fingerprint density at radius 3 is 2.82 bits per heavy atom. The van der Waals surface area contributed by atoms with Crippen molar-refractivity contribution in [2.45, 2.75) is 0 Å². The minimum Gasteiger partial charge on any atom is -0.354 e. The lowest BCUT2D eigenvalue weighted by Gasteiger charge is -1.97. The van der Waals surface area contributed by atoms with E-state index in [9.17, 15) is 0 Å². The molecule has 3 aromatic heterocycles. The highest BCUT2D eigenvalue weighted by atomic mass is 14.8. The summed E-state index contributed by atoms with van der Waals surface area (Å²) in [6.45, 7) is 0. The van der Waals surface area contributed by atoms with Gasteiger partial charge in [-0.05, 0) is 12.1 Å². The maximum absolute atomic E-state index is 4.48. The second-order valence-electron chi connectivity index (χ2n) is 4.11. The molecule has 0 aliphatic rings. The van der Waals surface area contributed by atoms with Gasteiger partial charge in [-0.3, -0.25) is 9.97 Å². The standard InChI is InChI=1S/C14H9N3/c1-2-4-12-9(3-1)14-11(8-16-12)10-7-15-6-5-13(10)17-14/h1-8,17H. The van der Waals surface area contributed by atoms with Crippen molar-refractivity contribution in [1.82, 2.24) is 15.0 Å². The second-order valence-corrected chi connectivity index (χ2v) is 4.11. The number of aromatic nitrogens is 3. The third-order valence-corrected chi connectivity index (χ3v) is 3.15. The van der Waals surface area contributed by atoms with E-state index in [-0.39, 0.29) is 0 Å². The van der Waals surface area contributed by atoms with Crippen LogP contribution < -0.4 is 0 Å². The zero-order valence-electron chi connectivity index (χ0n) is 9.01. The van der Waals surface area contributed by atoms with Gasteiger partial charge in [0.05, 0.1) is 11.0 Å². The summed E-state index contributed by atoms with van der Waals surface area (Å²) >= 11 is 0. The molecule has 0 bridgehead atoms. The van der Waals surface area contributed by atoms with Crippen LogP contribution in [-0.2, 0) is 0 Å². The van der Waals surface area contributed by atoms with E-state index in [2.05, 4.69) is 21.0 Å². The molecule has 4 aromatic rings. The predicted molar refractivity (Wildman–Crippen MR) is 68.9 cm³/mol. The second kappa shape index (κ2) is 3.04. The Morgan fingerprint density at radius 1 is 0.882 bits per heavy atom. The van der Waals surface area contributed by atoms with Crippen molar-refractivity contribution in [3.05, 3.63) is 48.9 Å². The zero-order chi connectivity index (χ0) is 11.2. The highest BCUT2D eigenvalue weighted by molar-refractivity contribution is 6.15. The molecule has 0 saturated heterocycles. The minimum absolute atomic E-state index is 1.01. The summed E-state index contributed by atoms with van der Waals surface area (Å²) < 4.78 is 0. The first-order valence-corrected chi connectivity index (χ1v) is 5.52. The van der Waals surface area contributed by atoms with Gasteiger partial charge in [0.2, 0.25) is 0 Å². The van der Waals surface area contributed by atoms with Crippen LogP contribution in [0.4, 0.5) is 0 Å². The molecule has 0 radical (unpaired) electrons. The minimum atomic E-state index is 1.01. The van der Waals surface area contributed by atoms with E-state index in [4.69, 9.17) is 0 Å². The van der Waals surface area contributed by atoms with Gasteiger partial charge in [0, 0.05) is 40.3 Å². The van der Waals surface area contributed by atoms with Gasteiger partial charge >= 0.3 is 0 Å². The van der Waals surface area contributed by atoms with Crippen molar-refractivity contribution in [3.63, 3.8) is 0 Å². The van der Waals surface area contributed by atoms with Gasteiger partial charge in [-0.1, -0.05) is 18.2 Å². The number of benzene rings is 1. The number of nitrogens with one attached hydrogen (secondary N) is 1. The number of para-hydroxylation sites is 1. The Kier molecular flexibility index (Phi) is 1.56. The van der Waals surface area contributed by atoms with Crippen LogP contribution in [0.25, 0.3) is 32.7 Å². The number of hydrogen-bond acceptors (Lipinski definition) is 2. The van der Waals surface area contributed by atoms with Gasteiger partial charge in [0.25, 0.3) is 0 Å². The highest BCUT2D eigenvalue weighted by Crippen LogP contribution is 2.28. The van der Waals surface area contributed by atoms with Crippen LogP contribution >= 0.6 is 0 Å². The largest absolute Gasteiger partial charge is 0.354 e. The number of pyridine rings is 2. The van der Waals surface area contributed by atoms with E-state index in [0.717, 1.165) is 32.7 Å². The van der Waals surface area contributed by atoms with Gasteiger partial charge in [-0.15, -0.1) is 0 Å². The van der Waals surface area contributed by atoms with Crippen LogP contribution in [0.5, 0.6) is 0 Å². The Bertz CT molecular complexity index is 846. The van der Waals surface area contributed by atoms with E-state index in [1.807, 2.05) is 36.7 Å². The molecule has 0 aliphatic heterocycles. The summed E-state index contributed by atoms with van der Waals surface area (Å²) in [6, 6.07) is 10.1. The Balaban J connectivity index is 2.34. The number of nitrogens with zero attached hydrogens (tertiary/aromatic N) is 2. The first kappa shape index (κ1) is 8.70. The van der Waals surface area contributed by atoms with E-state index < -0.39 is 0 Å². The van der Waals surface area contributed by atoms with Gasteiger partial charge < -0.3 is 4.98 Å². The molecule has 4 rings (SSSR count). The van der Waals surface area contributed by atoms with Crippen molar-refractivity contribution in [3.8, 4) is 0 Å². The van der Waals surface area contributed by atoms with Crippen molar-refractivity contribution in [1.29, 1.82) is 0 Å². The molecule has 17 heavy (non-hydrogen) atoms. The third-order valence-electron chi connectivity index (χ3n) is 3.15. The number of aromatic amines is 1. The van der Waals surface area contributed by atoms with Gasteiger partial charge in [0.1, 0.15) is 0 Å². The van der Waals surface area contributed by atoms with Crippen LogP contribution in [0.15, 0.2) is 48.9 Å². The van der Waals surface area contributed by atoms with Crippen molar-refractivity contribution >= 4 is 32.7 Å². The average Bonchev–Trinajstić information content (AvgIpc) is 2.78. The van der Waals surface area contributed by atoms with Crippen molar-refractivity contribution in [2.75, 3.05) is 0 Å². The predicted octanol–water partition coefficient (Wildman–Crippen LogP) is 3.26. The smallest absolute Gasteiger partial charge is 0.0723 e. The van der Waals surface area contributed by atoms with Crippen LogP contribution in [0.1, 0.15) is 0 Å². The van der Waals surface area contributed by atoms with Crippen LogP contribution in [0.3, 0.4) is 0 Å². The van der Waals surface area contributed by atoms with Crippen LogP contribution in [0, 0.1) is 0 Å². The quantitative estimate of drug-likeness (QED) is 0.493. The molecular weight excluding hydrogens is 210 g/mol. The molecule has 3 nitrogen and oxygen atoms in total. The maximum atomic E-state index is 4.48. The van der Waals surface area contributed by atoms with Crippen LogP contribution in [0.2, 0.25) is 0 Å². The summed E-state index contributed by atoms with van der Waals surface area (Å²) in [5, 5.41) is 3.41. The fourth-order valence-corrected chi connectivity index (χ4v) is 2.33. The lowest BCUT2D eigenvalue weighted by molar-refractivity contribution is 1.36. The lowest BCUT2D eigenvalue weighted by Crippen LogP contribution is -1.79. The Morgan fingerprint density at radius 2 is 1.82 bits per heavy atom. The van der Waals surface area contributed by atoms with Crippen molar-refractivity contribution < 1.29 is 0 Å². The monoisotopic (exact) mass is 219 g/mol. The first-order valence-electron chi connectivity index (χ1n) is 5.52. The first-order chi connectivity index (χ1) is 8.43. The third kappa shape index (κ3) is 1.11. The number of fused-ring (bicyclic) bond motifs is 5. The molecule has 3 heterocycles. The van der Waals surface area contributed by atoms with Crippen LogP contribution in [-0.4, -0.2) is 15.0 Å². The Labute approximate surface area is 97.1 Å². The molecule has 0 atom stereocenters. The summed E-state index contributed by atoms with van der Waals surface area (Å²) in [5.41, 5.74) is 3.26. The molecule has 3 heteroatoms. The highest BCUT2D eigenvalue weighted by Gasteiger charge is 2.07. The molecule has 1 aromatic carbocycles. The summed E-state index contributed by atoms with van der Waals surface area (Å²) in [4.78, 5) is 12.1. The fourth-order valence-electron chi connectivity index (χ4n) is 2.33. The summed E-state index contributed by atoms with van der Waals surface area (Å²) in [5.74, 6) is 0. The summed E-state index contributed by atoms with van der Waals surface area (Å²) in [6.07, 6.45) is 5.59. The van der Waals surface area contributed by atoms with E-state index in [1.165, 1.54) is 0 Å². The molecule has 0 aliphatic carbocycles. The fraction of sp³-hybridized carbons (Fsp3) is 0. The molecule has 80 valence electrons.